The van der Waals surface area contributed by atoms with Gasteiger partial charge in [-0.2, -0.15) is 0 Å². The summed E-state index contributed by atoms with van der Waals surface area (Å²) in [7, 11) is 0. The molecule has 0 N–H and O–H groups in total. The minimum absolute atomic E-state index is 0.0607. The van der Waals surface area contributed by atoms with Crippen LogP contribution in [0.4, 0.5) is 5.69 Å². The SMILES string of the molecule is CC1=C(n2cc(Br)cc(Br)c2=O)c2cc([N+](=O)[O-])ccc2OC1(C)C. The molecule has 0 fully saturated rings. The first kappa shape index (κ1) is 17.9. The molecule has 2 aromatic rings. The largest absolute Gasteiger partial charge is 0.483 e. The first-order valence-corrected chi connectivity index (χ1v) is 8.97. The Hall–Kier alpha value is -1.93. The van der Waals surface area contributed by atoms with E-state index in [1.165, 1.54) is 16.7 Å². The van der Waals surface area contributed by atoms with Gasteiger partial charge in [0.25, 0.3) is 11.2 Å². The molecule has 0 unspecified atom stereocenters. The number of nitrogens with zero attached hydrogens (tertiary/aromatic N) is 2. The van der Waals surface area contributed by atoms with Crippen LogP contribution < -0.4 is 10.3 Å². The van der Waals surface area contributed by atoms with Gasteiger partial charge in [0, 0.05) is 28.4 Å². The summed E-state index contributed by atoms with van der Waals surface area (Å²) in [5.74, 6) is 0.499. The number of halogens is 2. The second-order valence-electron chi connectivity index (χ2n) is 6.20. The lowest BCUT2D eigenvalue weighted by molar-refractivity contribution is -0.384. The lowest BCUT2D eigenvalue weighted by Gasteiger charge is -2.36. The van der Waals surface area contributed by atoms with Crippen LogP contribution in [0.15, 0.2) is 49.8 Å². The lowest BCUT2D eigenvalue weighted by Crippen LogP contribution is -2.36. The molecule has 3 rings (SSSR count). The van der Waals surface area contributed by atoms with Crippen molar-refractivity contribution >= 4 is 43.2 Å². The molecular weight excluding hydrogens is 456 g/mol. The molecule has 1 aliphatic rings. The zero-order chi connectivity index (χ0) is 18.5. The normalized spacial score (nSPS) is 15.6. The van der Waals surface area contributed by atoms with Gasteiger partial charge in [0.2, 0.25) is 0 Å². The second kappa shape index (κ2) is 6.10. The summed E-state index contributed by atoms with van der Waals surface area (Å²) >= 11 is 6.65. The zero-order valence-electron chi connectivity index (χ0n) is 13.7. The number of hydrogen-bond donors (Lipinski definition) is 0. The smallest absolute Gasteiger partial charge is 0.270 e. The summed E-state index contributed by atoms with van der Waals surface area (Å²) in [6.07, 6.45) is 1.65. The fourth-order valence-corrected chi connectivity index (χ4v) is 3.92. The molecule has 130 valence electrons. The van der Waals surface area contributed by atoms with Gasteiger partial charge < -0.3 is 4.74 Å². The van der Waals surface area contributed by atoms with Gasteiger partial charge in [0.05, 0.1) is 15.1 Å². The van der Waals surface area contributed by atoms with Gasteiger partial charge in [-0.05, 0) is 70.3 Å². The van der Waals surface area contributed by atoms with E-state index in [0.717, 1.165) is 5.57 Å². The molecule has 0 radical (unpaired) electrons. The molecule has 0 aliphatic carbocycles. The van der Waals surface area contributed by atoms with Gasteiger partial charge in [-0.1, -0.05) is 0 Å². The number of pyridine rings is 1. The number of benzene rings is 1. The average molecular weight is 470 g/mol. The standard InChI is InChI=1S/C17H14Br2N2O4/c1-9-15(20-8-10(18)6-13(19)16(20)22)12-7-11(21(23)24)4-5-14(12)25-17(9,2)3/h4-8H,1-3H3. The Morgan fingerprint density at radius 3 is 2.56 bits per heavy atom. The molecule has 8 heteroatoms. The van der Waals surface area contributed by atoms with Gasteiger partial charge in [-0.25, -0.2) is 0 Å². The van der Waals surface area contributed by atoms with E-state index in [1.54, 1.807) is 18.3 Å². The van der Waals surface area contributed by atoms with Crippen LogP contribution in [0.2, 0.25) is 0 Å². The summed E-state index contributed by atoms with van der Waals surface area (Å²) in [5.41, 5.74) is 0.919. The molecule has 6 nitrogen and oxygen atoms in total. The van der Waals surface area contributed by atoms with Crippen molar-refractivity contribution in [2.24, 2.45) is 0 Å². The molecule has 0 atom stereocenters. The number of rotatable bonds is 2. The number of ether oxygens (including phenoxy) is 1. The van der Waals surface area contributed by atoms with Crippen molar-refractivity contribution in [3.8, 4) is 5.75 Å². The number of non-ortho nitro benzene ring substituents is 1. The highest BCUT2D eigenvalue weighted by molar-refractivity contribution is 9.11. The summed E-state index contributed by atoms with van der Waals surface area (Å²) < 4.78 is 8.57. The second-order valence-corrected chi connectivity index (χ2v) is 7.97. The first-order chi connectivity index (χ1) is 11.6. The zero-order valence-corrected chi connectivity index (χ0v) is 16.8. The highest BCUT2D eigenvalue weighted by Crippen LogP contribution is 2.42. The topological polar surface area (TPSA) is 74.4 Å². The highest BCUT2D eigenvalue weighted by Gasteiger charge is 2.34. The Morgan fingerprint density at radius 1 is 1.24 bits per heavy atom. The van der Waals surface area contributed by atoms with E-state index in [1.807, 2.05) is 20.8 Å². The van der Waals surface area contributed by atoms with Crippen LogP contribution in [0.25, 0.3) is 5.70 Å². The summed E-state index contributed by atoms with van der Waals surface area (Å²) in [4.78, 5) is 23.4. The molecule has 0 amide bonds. The van der Waals surface area contributed by atoms with Gasteiger partial charge >= 0.3 is 0 Å². The predicted molar refractivity (Wildman–Crippen MR) is 102 cm³/mol. The van der Waals surface area contributed by atoms with E-state index in [9.17, 15) is 14.9 Å². The van der Waals surface area contributed by atoms with Gasteiger partial charge in [-0.3, -0.25) is 19.5 Å². The molecule has 25 heavy (non-hydrogen) atoms. The van der Waals surface area contributed by atoms with Gasteiger partial charge in [-0.15, -0.1) is 0 Å². The van der Waals surface area contributed by atoms with Crippen molar-refractivity contribution in [1.82, 2.24) is 4.57 Å². The number of hydrogen-bond acceptors (Lipinski definition) is 4. The monoisotopic (exact) mass is 468 g/mol. The van der Waals surface area contributed by atoms with E-state index < -0.39 is 10.5 Å². The van der Waals surface area contributed by atoms with Crippen molar-refractivity contribution < 1.29 is 9.66 Å². The van der Waals surface area contributed by atoms with Crippen molar-refractivity contribution in [1.29, 1.82) is 0 Å². The van der Waals surface area contributed by atoms with Crippen LogP contribution in [0.1, 0.15) is 26.3 Å². The molecule has 0 bridgehead atoms. The molecule has 0 spiro atoms. The fourth-order valence-electron chi connectivity index (χ4n) is 2.74. The van der Waals surface area contributed by atoms with Crippen LogP contribution in [-0.4, -0.2) is 15.1 Å². The van der Waals surface area contributed by atoms with E-state index in [4.69, 9.17) is 4.74 Å². The molecule has 1 aromatic carbocycles. The highest BCUT2D eigenvalue weighted by atomic mass is 79.9. The minimum atomic E-state index is -0.660. The third-order valence-corrected chi connectivity index (χ3v) is 5.24. The first-order valence-electron chi connectivity index (χ1n) is 7.39. The average Bonchev–Trinajstić information content (AvgIpc) is 2.52. The molecule has 2 heterocycles. The van der Waals surface area contributed by atoms with E-state index in [0.29, 0.717) is 26.0 Å². The van der Waals surface area contributed by atoms with Crippen molar-refractivity contribution in [2.75, 3.05) is 0 Å². The van der Waals surface area contributed by atoms with Crippen molar-refractivity contribution in [3.63, 3.8) is 0 Å². The Labute approximate surface area is 160 Å². The number of nitro benzene ring substituents is 1. The van der Waals surface area contributed by atoms with Crippen LogP contribution >= 0.6 is 31.9 Å². The molecule has 1 aromatic heterocycles. The summed E-state index contributed by atoms with van der Waals surface area (Å²) in [6, 6.07) is 6.06. The van der Waals surface area contributed by atoms with Crippen LogP contribution in [-0.2, 0) is 0 Å². The third-order valence-electron chi connectivity index (χ3n) is 4.23. The Morgan fingerprint density at radius 2 is 1.92 bits per heavy atom. The number of aromatic nitrogens is 1. The Kier molecular flexibility index (Phi) is 4.36. The summed E-state index contributed by atoms with van der Waals surface area (Å²) in [6.45, 7) is 5.65. The van der Waals surface area contributed by atoms with Crippen LogP contribution in [0, 0.1) is 10.1 Å². The molecular formula is C17H14Br2N2O4. The van der Waals surface area contributed by atoms with Crippen LogP contribution in [0.3, 0.4) is 0 Å². The molecule has 0 saturated heterocycles. The number of nitro groups is 1. The third kappa shape index (κ3) is 3.04. The maximum atomic E-state index is 12.7. The van der Waals surface area contributed by atoms with Crippen molar-refractivity contribution in [2.45, 2.75) is 26.4 Å². The van der Waals surface area contributed by atoms with E-state index in [-0.39, 0.29) is 11.2 Å². The fraction of sp³-hybridized carbons (Fsp3) is 0.235. The molecule has 0 saturated carbocycles. The lowest BCUT2D eigenvalue weighted by atomic mass is 9.90. The molecule has 1 aliphatic heterocycles. The van der Waals surface area contributed by atoms with E-state index in [2.05, 4.69) is 31.9 Å². The maximum absolute atomic E-state index is 12.7. The van der Waals surface area contributed by atoms with E-state index >= 15 is 0 Å². The quantitative estimate of drug-likeness (QED) is 0.470. The Bertz CT molecular complexity index is 993. The maximum Gasteiger partial charge on any atom is 0.270 e. The summed E-state index contributed by atoms with van der Waals surface area (Å²) in [5, 5.41) is 11.2. The van der Waals surface area contributed by atoms with Crippen LogP contribution in [0.5, 0.6) is 5.75 Å². The van der Waals surface area contributed by atoms with Crippen molar-refractivity contribution in [3.05, 3.63) is 71.0 Å². The minimum Gasteiger partial charge on any atom is -0.483 e. The van der Waals surface area contributed by atoms with Gasteiger partial charge in [0.15, 0.2) is 0 Å². The Balaban J connectivity index is 2.40. The number of fused-ring (bicyclic) bond motifs is 1. The predicted octanol–water partition coefficient (Wildman–Crippen LogP) is 4.73. The van der Waals surface area contributed by atoms with Gasteiger partial charge in [0.1, 0.15) is 11.4 Å².